The zero-order valence-electron chi connectivity index (χ0n) is 26.4. The number of halogens is 3. The predicted octanol–water partition coefficient (Wildman–Crippen LogP) is -0.139. The van der Waals surface area contributed by atoms with Crippen molar-refractivity contribution in [2.45, 2.75) is 54.4 Å². The molecule has 0 aliphatic heterocycles. The number of carbonyl (C=O) groups is 2. The van der Waals surface area contributed by atoms with Gasteiger partial charge in [0.1, 0.15) is 13.1 Å². The maximum Gasteiger partial charge on any atom is -1.00 e. The fraction of sp³-hybridized carbons (Fsp3) is 0.533. The monoisotopic (exact) mass is 862 g/mol. The number of nitro groups is 2. The van der Waals surface area contributed by atoms with Gasteiger partial charge in [0, 0.05) is 37.1 Å². The molecule has 0 aliphatic carbocycles. The van der Waals surface area contributed by atoms with Crippen LogP contribution < -0.4 is 36.4 Å². The van der Waals surface area contributed by atoms with E-state index in [0.29, 0.717) is 25.9 Å². The molecule has 44 heavy (non-hydrogen) atoms. The smallest absolute Gasteiger partial charge is 1.00 e. The van der Waals surface area contributed by atoms with Crippen molar-refractivity contribution in [1.29, 1.82) is 0 Å². The topological polar surface area (TPSA) is 120 Å². The molecule has 0 aromatic heterocycles. The van der Waals surface area contributed by atoms with Gasteiger partial charge in [-0.1, -0.05) is 24.3 Å². The molecular formula is C30H46AgCl2IN4O6. The van der Waals surface area contributed by atoms with Crippen LogP contribution in [0.2, 0.25) is 0 Å². The number of quaternary nitrogens is 2. The third-order valence-electron chi connectivity index (χ3n) is 8.15. The number of nitrogens with zero attached hydrogens (tertiary/aromatic N) is 4. The second kappa shape index (κ2) is 24.7. The van der Waals surface area contributed by atoms with Gasteiger partial charge in [0.05, 0.1) is 49.1 Å². The molecule has 0 aliphatic rings. The molecule has 0 bridgehead atoms. The van der Waals surface area contributed by atoms with Crippen molar-refractivity contribution in [3.05, 3.63) is 79.9 Å². The van der Waals surface area contributed by atoms with Gasteiger partial charge in [0.25, 0.3) is 11.4 Å². The summed E-state index contributed by atoms with van der Waals surface area (Å²) in [7, 11) is 4.45. The van der Waals surface area contributed by atoms with Crippen LogP contribution in [0.25, 0.3) is 0 Å². The molecule has 0 heterocycles. The number of rotatable bonds is 16. The largest absolute Gasteiger partial charge is 1.00 e. The van der Waals surface area contributed by atoms with E-state index < -0.39 is 9.85 Å². The van der Waals surface area contributed by atoms with Gasteiger partial charge in [-0.15, -0.1) is 0 Å². The van der Waals surface area contributed by atoms with Crippen molar-refractivity contribution in [3.63, 3.8) is 0 Å². The average Bonchev–Trinajstić information content (AvgIpc) is 3.00. The first-order valence-corrected chi connectivity index (χ1v) is 16.1. The number of hydrogen-bond donors (Lipinski definition) is 0. The van der Waals surface area contributed by atoms with Crippen LogP contribution in [-0.4, -0.2) is 82.7 Å². The minimum Gasteiger partial charge on any atom is -1.00 e. The molecule has 14 heteroatoms. The Bertz CT molecular complexity index is 1030. The molecule has 2 rings (SSSR count). The van der Waals surface area contributed by atoms with Crippen LogP contribution in [0.15, 0.2) is 48.5 Å². The summed E-state index contributed by atoms with van der Waals surface area (Å²) in [4.78, 5) is 44.6. The fourth-order valence-electron chi connectivity index (χ4n) is 4.80. The van der Waals surface area contributed by atoms with Gasteiger partial charge in [-0.2, -0.15) is 0 Å². The van der Waals surface area contributed by atoms with E-state index in [4.69, 9.17) is 0 Å². The molecule has 10 nitrogen and oxygen atoms in total. The first kappa shape index (κ1) is 47.0. The Balaban J connectivity index is -0.000000693. The average molecular weight is 864 g/mol. The molecule has 0 radical (unpaired) electrons. The number of nitro benzene ring substituents is 2. The van der Waals surface area contributed by atoms with Crippen molar-refractivity contribution < 1.29 is 84.8 Å². The number of likely N-dealkylation sites (N-methyl/N-ethyl adjacent to an activating group) is 2. The van der Waals surface area contributed by atoms with Gasteiger partial charge < -0.3 is 45.3 Å². The van der Waals surface area contributed by atoms with Gasteiger partial charge in [-0.3, -0.25) is 29.8 Å². The molecule has 0 saturated carbocycles. The van der Waals surface area contributed by atoms with Crippen LogP contribution in [0.5, 0.6) is 0 Å². The van der Waals surface area contributed by atoms with Crippen molar-refractivity contribution in [1.82, 2.24) is 0 Å². The Morgan fingerprint density at radius 3 is 1.02 bits per heavy atom. The molecule has 2 aromatic carbocycles. The summed E-state index contributed by atoms with van der Waals surface area (Å²) >= 11 is 2.42. The summed E-state index contributed by atoms with van der Waals surface area (Å²) in [6.45, 7) is 19.3. The SMILES string of the molecule is CC[N+](CC)(CC)CC(=O)Cc1ccc([N+](=O)[O-])cc1.CC[N+](CC)(CC)CC(=O)Cc1ccc([N+](=O)[O-])cc1.[Cl-].[Cl][Ag].[I-]. The van der Waals surface area contributed by atoms with E-state index in [2.05, 4.69) is 70.7 Å². The quantitative estimate of drug-likeness (QED) is 0.0763. The first-order valence-electron chi connectivity index (χ1n) is 14.2. The Morgan fingerprint density at radius 1 is 0.614 bits per heavy atom. The molecule has 0 spiro atoms. The zero-order chi connectivity index (χ0) is 32.3. The van der Waals surface area contributed by atoms with Gasteiger partial charge >= 0.3 is 29.2 Å². The third kappa shape index (κ3) is 16.2. The number of Topliss-reactive ketones (excluding diaryl/α,β-unsaturated/α-hetero) is 2. The van der Waals surface area contributed by atoms with Crippen molar-refractivity contribution in [2.75, 3.05) is 52.4 Å². The maximum atomic E-state index is 12.2. The van der Waals surface area contributed by atoms with Gasteiger partial charge in [0.2, 0.25) is 0 Å². The summed E-state index contributed by atoms with van der Waals surface area (Å²) in [6, 6.07) is 12.4. The Hall–Kier alpha value is -1.45. The maximum absolute atomic E-state index is 12.2. The van der Waals surface area contributed by atoms with Crippen molar-refractivity contribution in [2.24, 2.45) is 0 Å². The number of hydrogen-bond acceptors (Lipinski definition) is 6. The van der Waals surface area contributed by atoms with Gasteiger partial charge in [-0.05, 0) is 52.7 Å². The summed E-state index contributed by atoms with van der Waals surface area (Å²) in [6.07, 6.45) is 0.690. The normalized spacial score (nSPS) is 10.5. The molecule has 0 unspecified atom stereocenters. The number of ketones is 2. The summed E-state index contributed by atoms with van der Waals surface area (Å²) in [5, 5.41) is 21.1. The molecule has 2 aromatic rings. The van der Waals surface area contributed by atoms with E-state index in [1.807, 2.05) is 0 Å². The van der Waals surface area contributed by atoms with Crippen LogP contribution >= 0.6 is 9.19 Å². The number of carbonyl (C=O) groups excluding carboxylic acids is 2. The Kier molecular flexibility index (Phi) is 26.4. The zero-order valence-corrected chi connectivity index (χ0v) is 31.5. The van der Waals surface area contributed by atoms with E-state index in [9.17, 15) is 29.8 Å². The second-order valence-corrected chi connectivity index (χ2v) is 10.2. The van der Waals surface area contributed by atoms with E-state index in [1.54, 1.807) is 24.3 Å². The van der Waals surface area contributed by atoms with Crippen LogP contribution in [0, 0.1) is 20.2 Å². The van der Waals surface area contributed by atoms with Crippen molar-refractivity contribution >= 4 is 32.1 Å². The van der Waals surface area contributed by atoms with Gasteiger partial charge in [-0.25, -0.2) is 0 Å². The minimum atomic E-state index is -0.432. The van der Waals surface area contributed by atoms with Crippen LogP contribution in [0.3, 0.4) is 0 Å². The van der Waals surface area contributed by atoms with E-state index in [0.717, 1.165) is 59.4 Å². The van der Waals surface area contributed by atoms with Crippen LogP contribution in [-0.2, 0) is 42.4 Å². The van der Waals surface area contributed by atoms with E-state index >= 15 is 0 Å². The molecular weight excluding hydrogens is 818 g/mol. The van der Waals surface area contributed by atoms with Crippen LogP contribution in [0.1, 0.15) is 52.7 Å². The minimum absolute atomic E-state index is 0. The predicted molar refractivity (Wildman–Crippen MR) is 163 cm³/mol. The molecule has 254 valence electrons. The molecule has 0 amide bonds. The molecule has 0 fully saturated rings. The standard InChI is InChI=1S/2C15H23N2O3.Ag.2ClH.HI/c2*1-4-17(5-2,6-3)12-15(18)11-13-7-9-14(10-8-13)16(19)20;;;;/h2*7-10H,4-6,11-12H2,1-3H3;;3*1H/q3*+1;;;/p-3. The van der Waals surface area contributed by atoms with E-state index in [-0.39, 0.29) is 59.3 Å². The first-order chi connectivity index (χ1) is 19.9. The molecule has 0 saturated heterocycles. The Morgan fingerprint density at radius 2 is 0.841 bits per heavy atom. The molecule has 0 N–H and O–H groups in total. The molecule has 0 atom stereocenters. The van der Waals surface area contributed by atoms with Crippen molar-refractivity contribution in [3.8, 4) is 0 Å². The Labute approximate surface area is 301 Å². The van der Waals surface area contributed by atoms with E-state index in [1.165, 1.54) is 24.3 Å². The van der Waals surface area contributed by atoms with Crippen LogP contribution in [0.4, 0.5) is 11.4 Å². The number of non-ortho nitro benzene ring substituents is 2. The third-order valence-corrected chi connectivity index (χ3v) is 8.15. The fourth-order valence-corrected chi connectivity index (χ4v) is 4.80. The second-order valence-electron chi connectivity index (χ2n) is 10.2. The summed E-state index contributed by atoms with van der Waals surface area (Å²) in [5.74, 6) is 0.369. The number of benzene rings is 2. The summed E-state index contributed by atoms with van der Waals surface area (Å²) < 4.78 is 1.59. The van der Waals surface area contributed by atoms with Gasteiger partial charge in [0.15, 0.2) is 11.6 Å². The summed E-state index contributed by atoms with van der Waals surface area (Å²) in [5.41, 5.74) is 1.79.